The molecule has 1 aromatic carbocycles. The van der Waals surface area contributed by atoms with Crippen LogP contribution in [0.1, 0.15) is 18.4 Å². The first-order valence-corrected chi connectivity index (χ1v) is 19.5. The molecule has 0 saturated carbocycles. The largest absolute Gasteiger partial charge is 0.147 e. The molecule has 0 saturated heterocycles. The maximum atomic E-state index is 14.0. The first kappa shape index (κ1) is 25.7. The molecule has 0 unspecified atom stereocenters. The molecule has 0 spiro atoms. The third-order valence-electron chi connectivity index (χ3n) is 5.58. The number of rotatable bonds is 5. The molecule has 0 amide bonds. The van der Waals surface area contributed by atoms with Crippen LogP contribution in [0.15, 0.2) is 66.7 Å². The van der Waals surface area contributed by atoms with E-state index in [9.17, 15) is 13.2 Å². The molecule has 30 heavy (non-hydrogen) atoms. The first-order chi connectivity index (χ1) is 13.3. The number of halogens is 4. The van der Waals surface area contributed by atoms with E-state index in [1.54, 1.807) is 12.1 Å². The van der Waals surface area contributed by atoms with Gasteiger partial charge in [0.15, 0.2) is 0 Å². The zero-order chi connectivity index (χ0) is 21.6. The van der Waals surface area contributed by atoms with E-state index in [2.05, 4.69) is 63.6 Å². The maximum Gasteiger partial charge on any atom is -0.147 e. The van der Waals surface area contributed by atoms with Gasteiger partial charge in [0.25, 0.3) is 0 Å². The maximum absolute atomic E-state index is 14.0. The fourth-order valence-electron chi connectivity index (χ4n) is 4.34. The van der Waals surface area contributed by atoms with Gasteiger partial charge in [-0.15, -0.1) is 12.4 Å². The zero-order valence-corrected chi connectivity index (χ0v) is 23.0. The molecule has 0 heterocycles. The van der Waals surface area contributed by atoms with Crippen molar-refractivity contribution in [1.29, 1.82) is 0 Å². The smallest absolute Gasteiger partial charge is 0.147 e. The number of allylic oxidation sites excluding steroid dienone is 8. The van der Waals surface area contributed by atoms with Crippen LogP contribution >= 0.6 is 12.4 Å². The molecular formula is C23H31ClF3Si2Ti. The summed E-state index contributed by atoms with van der Waals surface area (Å²) in [6, 6.07) is 6.39. The number of alkyl halides is 3. The third kappa shape index (κ3) is 5.24. The normalized spacial score (nSPS) is 17.1. The van der Waals surface area contributed by atoms with Crippen molar-refractivity contribution in [2.24, 2.45) is 0 Å². The van der Waals surface area contributed by atoms with E-state index in [0.29, 0.717) is 3.87 Å². The van der Waals surface area contributed by atoms with E-state index in [4.69, 9.17) is 0 Å². The quantitative estimate of drug-likeness (QED) is 0.364. The van der Waals surface area contributed by atoms with Gasteiger partial charge in [-0.25, -0.2) is 0 Å². The van der Waals surface area contributed by atoms with E-state index in [1.165, 1.54) is 30.3 Å². The second-order valence-electron chi connectivity index (χ2n) is 9.92. The van der Waals surface area contributed by atoms with E-state index in [0.717, 1.165) is 12.8 Å². The minimum atomic E-state index is -4.31. The second-order valence-corrected chi connectivity index (χ2v) is 23.9. The van der Waals surface area contributed by atoms with Gasteiger partial charge in [0.05, 0.1) is 0 Å². The van der Waals surface area contributed by atoms with Crippen molar-refractivity contribution >= 4 is 32.4 Å². The van der Waals surface area contributed by atoms with Crippen LogP contribution in [0, 0.1) is 0 Å². The molecule has 0 bridgehead atoms. The Balaban J connectivity index is 0.00000320. The standard InChI is InChI=1S/2C8H13Si.C7H4F3.ClH.Ti/c2*1-9(2,3)8-6-4-5-7-8;8-7(9,10)6-4-2-1-3-5-6;;/h2*4,6H,5H2,1-3H3;1-4H;1H;. The molecule has 0 aliphatic heterocycles. The Morgan fingerprint density at radius 1 is 0.767 bits per heavy atom. The van der Waals surface area contributed by atoms with Gasteiger partial charge < -0.3 is 0 Å². The predicted octanol–water partition coefficient (Wildman–Crippen LogP) is 7.55. The molecule has 0 nitrogen and oxygen atoms in total. The van der Waals surface area contributed by atoms with Crippen LogP contribution in [-0.4, -0.2) is 16.1 Å². The Kier molecular flexibility index (Phi) is 7.79. The van der Waals surface area contributed by atoms with Crippen LogP contribution in [0.5, 0.6) is 0 Å². The predicted molar refractivity (Wildman–Crippen MR) is 127 cm³/mol. The molecule has 0 atom stereocenters. The van der Waals surface area contributed by atoms with Crippen LogP contribution in [0.4, 0.5) is 13.2 Å². The van der Waals surface area contributed by atoms with Crippen LogP contribution in [0.25, 0.3) is 0 Å². The van der Waals surface area contributed by atoms with Gasteiger partial charge in [0.1, 0.15) is 0 Å². The average molecular weight is 504 g/mol. The van der Waals surface area contributed by atoms with Crippen molar-refractivity contribution in [2.45, 2.75) is 58.3 Å². The summed E-state index contributed by atoms with van der Waals surface area (Å²) < 4.78 is 45.4. The summed E-state index contributed by atoms with van der Waals surface area (Å²) in [6.45, 7) is 13.9. The Labute approximate surface area is 193 Å². The third-order valence-corrected chi connectivity index (χ3v) is 15.4. The Morgan fingerprint density at radius 3 is 1.60 bits per heavy atom. The molecule has 2 aliphatic carbocycles. The van der Waals surface area contributed by atoms with Gasteiger partial charge in [-0.05, 0) is 0 Å². The monoisotopic (exact) mass is 503 g/mol. The molecule has 163 valence electrons. The topological polar surface area (TPSA) is 0 Å². The Bertz CT molecular complexity index is 881. The molecule has 2 aliphatic rings. The summed E-state index contributed by atoms with van der Waals surface area (Å²) >= 11 is -2.54. The second kappa shape index (κ2) is 9.11. The molecule has 0 fully saturated rings. The SMILES string of the molecule is C[Si](C)(C)C1=[C]([Ti]([C]2=C([Si](C)(C)C)C=CC2)[c]2ccccc2C(F)(F)F)CC=C1.Cl. The van der Waals surface area contributed by atoms with Crippen LogP contribution in [-0.2, 0) is 24.0 Å². The number of hydrogen-bond donors (Lipinski definition) is 0. The number of benzene rings is 1. The van der Waals surface area contributed by atoms with Gasteiger partial charge in [-0.3, -0.25) is 0 Å². The van der Waals surface area contributed by atoms with Crippen LogP contribution in [0.3, 0.4) is 0 Å². The summed E-state index contributed by atoms with van der Waals surface area (Å²) in [4.78, 5) is 0. The van der Waals surface area contributed by atoms with Crippen molar-refractivity contribution in [2.75, 3.05) is 0 Å². The van der Waals surface area contributed by atoms with E-state index in [1.807, 2.05) is 0 Å². The van der Waals surface area contributed by atoms with Crippen molar-refractivity contribution in [3.05, 3.63) is 72.3 Å². The van der Waals surface area contributed by atoms with Crippen molar-refractivity contribution < 1.29 is 31.0 Å². The molecule has 3 rings (SSSR count). The first-order valence-electron chi connectivity index (χ1n) is 10.2. The van der Waals surface area contributed by atoms with Gasteiger partial charge in [0.2, 0.25) is 0 Å². The molecule has 0 aromatic heterocycles. The van der Waals surface area contributed by atoms with Crippen molar-refractivity contribution in [1.82, 2.24) is 0 Å². The van der Waals surface area contributed by atoms with Gasteiger partial charge >= 0.3 is 182 Å². The summed E-state index contributed by atoms with van der Waals surface area (Å²) in [5, 5.41) is 2.78. The molecule has 7 heteroatoms. The van der Waals surface area contributed by atoms with Gasteiger partial charge in [-0.1, -0.05) is 0 Å². The Hall–Kier alpha value is -0.592. The van der Waals surface area contributed by atoms with Crippen molar-refractivity contribution in [3.8, 4) is 0 Å². The van der Waals surface area contributed by atoms with E-state index < -0.39 is 45.8 Å². The van der Waals surface area contributed by atoms with E-state index >= 15 is 0 Å². The van der Waals surface area contributed by atoms with Gasteiger partial charge in [0, 0.05) is 0 Å². The summed E-state index contributed by atoms with van der Waals surface area (Å²) in [5.74, 6) is 0. The minimum absolute atomic E-state index is 0. The molecular weight excluding hydrogens is 473 g/mol. The molecule has 0 radical (unpaired) electrons. The summed E-state index contributed by atoms with van der Waals surface area (Å²) in [6.07, 6.45) is 6.15. The Morgan fingerprint density at radius 2 is 1.20 bits per heavy atom. The van der Waals surface area contributed by atoms with Crippen LogP contribution in [0.2, 0.25) is 39.3 Å². The van der Waals surface area contributed by atoms with Crippen LogP contribution < -0.4 is 3.87 Å². The number of hydrogen-bond acceptors (Lipinski definition) is 0. The zero-order valence-electron chi connectivity index (χ0n) is 18.6. The fourth-order valence-corrected chi connectivity index (χ4v) is 17.0. The van der Waals surface area contributed by atoms with Gasteiger partial charge in [-0.2, -0.15) is 0 Å². The fraction of sp³-hybridized carbons (Fsp3) is 0.391. The van der Waals surface area contributed by atoms with E-state index in [-0.39, 0.29) is 12.4 Å². The molecule has 1 aromatic rings. The molecule has 0 N–H and O–H groups in total. The summed E-state index contributed by atoms with van der Waals surface area (Å²) in [7, 11) is -3.29. The summed E-state index contributed by atoms with van der Waals surface area (Å²) in [5.41, 5.74) is -0.418. The average Bonchev–Trinajstić information content (AvgIpc) is 3.23. The van der Waals surface area contributed by atoms with Crippen molar-refractivity contribution in [3.63, 3.8) is 0 Å². The minimum Gasteiger partial charge on any atom is -0.147 e.